The first-order valence-corrected chi connectivity index (χ1v) is 6.68. The van der Waals surface area contributed by atoms with E-state index in [4.69, 9.17) is 43.2 Å². The molecule has 1 aromatic carbocycles. The summed E-state index contributed by atoms with van der Waals surface area (Å²) in [6.45, 7) is -22.0. The molecule has 1 aliphatic rings. The maximum atomic E-state index is 14.2. The van der Waals surface area contributed by atoms with Gasteiger partial charge in [-0.1, -0.05) is 74.9 Å². The topological polar surface area (TPSA) is 49.8 Å². The fourth-order valence-corrected chi connectivity index (χ4v) is 1.60. The maximum Gasteiger partial charge on any atom is 0.344 e. The zero-order valence-corrected chi connectivity index (χ0v) is 12.9. The highest BCUT2D eigenvalue weighted by molar-refractivity contribution is 5.81. The summed E-state index contributed by atoms with van der Waals surface area (Å²) in [7, 11) is 0. The van der Waals surface area contributed by atoms with Crippen LogP contribution in [0.3, 0.4) is 0 Å². The summed E-state index contributed by atoms with van der Waals surface area (Å²) in [6.07, 6.45) is -22.4. The number of carbonyl (C=O) groups is 1. The van der Waals surface area contributed by atoms with Crippen molar-refractivity contribution in [1.82, 2.24) is 4.90 Å². The lowest BCUT2D eigenvalue weighted by molar-refractivity contribution is -0.174. The number of nitrogens with zero attached hydrogens (tertiary/aromatic N) is 1. The Morgan fingerprint density at radius 1 is 1.42 bits per heavy atom. The summed E-state index contributed by atoms with van der Waals surface area (Å²) in [4.78, 5) is 13.3. The number of aliphatic hydroxyl groups is 1. The Morgan fingerprint density at radius 3 is 2.81 bits per heavy atom. The van der Waals surface area contributed by atoms with Crippen molar-refractivity contribution in [1.29, 1.82) is 1.43 Å². The monoisotopic (exact) mass is 386 g/mol. The van der Waals surface area contributed by atoms with Gasteiger partial charge < -0.3 is 9.85 Å². The van der Waals surface area contributed by atoms with Crippen molar-refractivity contribution in [2.45, 2.75) is 51.2 Å². The van der Waals surface area contributed by atoms with E-state index in [0.29, 0.717) is 0 Å². The van der Waals surface area contributed by atoms with Crippen LogP contribution in [-0.2, 0) is 15.1 Å². The minimum absolute atomic E-state index is 0.909. The highest BCUT2D eigenvalue weighted by atomic mass is 16.5. The predicted octanol–water partition coefficient (Wildman–Crippen LogP) is 3.34. The van der Waals surface area contributed by atoms with Gasteiger partial charge in [-0.05, 0) is 31.3 Å². The summed E-state index contributed by atoms with van der Waals surface area (Å²) in [6, 6.07) is -7.40. The van der Waals surface area contributed by atoms with Gasteiger partial charge >= 0.3 is 5.97 Å². The minimum atomic E-state index is -4.80. The van der Waals surface area contributed by atoms with E-state index >= 15 is 0 Å². The normalized spacial score (nSPS) is 47.0. The van der Waals surface area contributed by atoms with Crippen LogP contribution < -0.4 is 0 Å². The van der Waals surface area contributed by atoms with E-state index in [0.717, 1.165) is 0 Å². The highest BCUT2D eigenvalue weighted by Crippen LogP contribution is 2.40. The number of esters is 1. The van der Waals surface area contributed by atoms with Gasteiger partial charge in [0.05, 0.1) is 16.1 Å². The van der Waals surface area contributed by atoms with Gasteiger partial charge in [0.2, 0.25) is 1.43 Å². The fraction of sp³-hybridized carbons (Fsp3) is 0.591. The molecule has 2 rings (SSSR count). The zero-order chi connectivity index (χ0) is 44.2. The number of hydrogen-bond donors (Lipinski definition) is 1. The molecule has 0 bridgehead atoms. The second kappa shape index (κ2) is 10.4. The molecule has 1 saturated carbocycles. The second-order valence-electron chi connectivity index (χ2n) is 4.23. The van der Waals surface area contributed by atoms with Gasteiger partial charge in [-0.2, -0.15) is 0 Å². The molecule has 142 valence electrons. The van der Waals surface area contributed by atoms with Crippen LogP contribution in [0.15, 0.2) is 30.2 Å². The first-order chi connectivity index (χ1) is 24.0. The third-order valence-corrected chi connectivity index (χ3v) is 2.75. The van der Waals surface area contributed by atoms with Crippen LogP contribution in [0.5, 0.6) is 0 Å². The molecule has 0 aromatic heterocycles. The van der Waals surface area contributed by atoms with Crippen LogP contribution in [0.2, 0.25) is 0 Å². The largest absolute Gasteiger partial charge is 0.450 e. The minimum Gasteiger partial charge on any atom is -0.450 e. The molecule has 4 nitrogen and oxygen atoms in total. The molecule has 1 atom stereocenters. The molecule has 1 unspecified atom stereocenters. The van der Waals surface area contributed by atoms with Crippen LogP contribution in [0.4, 0.5) is 0 Å². The molecule has 4 heteroatoms. The maximum absolute atomic E-state index is 14.2. The molecular weight excluding hydrogens is 326 g/mol. The Kier molecular flexibility index (Phi) is 1.76. The van der Waals surface area contributed by atoms with Crippen LogP contribution in [0, 0.1) is 17.7 Å². The van der Waals surface area contributed by atoms with Crippen molar-refractivity contribution >= 4 is 5.97 Å². The summed E-state index contributed by atoms with van der Waals surface area (Å²) >= 11 is 0. The number of rotatable bonds is 8. The molecule has 1 aromatic rings. The first kappa shape index (κ1) is 4.42. The molecule has 0 radical (unpaired) electrons. The van der Waals surface area contributed by atoms with E-state index in [1.165, 1.54) is 5.92 Å². The van der Waals surface area contributed by atoms with Crippen LogP contribution in [-0.4, -0.2) is 43.5 Å². The summed E-state index contributed by atoms with van der Waals surface area (Å²) in [5, 5.41) is 4.40. The van der Waals surface area contributed by atoms with E-state index in [2.05, 4.69) is 5.11 Å². The highest BCUT2D eigenvalue weighted by Gasteiger charge is 2.46. The smallest absolute Gasteiger partial charge is 0.344 e. The Hall–Kier alpha value is -1.83. The summed E-state index contributed by atoms with van der Waals surface area (Å²) in [5.74, 6) is -4.36. The van der Waals surface area contributed by atoms with Crippen molar-refractivity contribution in [2.75, 3.05) is 26.1 Å². The SMILES string of the molecule is [2H]OC(C(=O)OCC#CC([2H])([2H])N(C([2H])([2H])C([2H])([2H])[2H])C([2H])([2H])C([2H])([2H])[2H])(c1c([2H])c([2H])c([2H])c([2H])c1[2H])C1([2H])C([2H])([2H])C([2H])([2H])C([2H])([2H])C([2H])([2H])C1([2H])[2H]. The van der Waals surface area contributed by atoms with Gasteiger partial charge in [-0.15, -0.1) is 0 Å². The third kappa shape index (κ3) is 5.09. The number of ether oxygens (including phenoxy) is 1. The molecule has 1 aliphatic carbocycles. The molecule has 1 N–H and O–H groups in total. The van der Waals surface area contributed by atoms with E-state index in [1.54, 1.807) is 5.92 Å². The molecule has 1 fully saturated rings. The molecule has 26 heavy (non-hydrogen) atoms. The molecule has 0 saturated heterocycles. The average molecular weight is 387 g/mol. The Bertz CT molecular complexity index is 1670. The predicted molar refractivity (Wildman–Crippen MR) is 103 cm³/mol. The third-order valence-electron chi connectivity index (χ3n) is 2.75. The van der Waals surface area contributed by atoms with Gasteiger partial charge in [0.1, 0.15) is 0 Å². The van der Waals surface area contributed by atoms with Crippen molar-refractivity contribution in [2.24, 2.45) is 5.89 Å². The van der Waals surface area contributed by atoms with E-state index in [9.17, 15) is 6.17 Å². The Morgan fingerprint density at radius 2 is 2.15 bits per heavy atom. The summed E-state index contributed by atoms with van der Waals surface area (Å²) in [5.41, 5.74) is -6.42. The van der Waals surface area contributed by atoms with Crippen molar-refractivity contribution in [3.63, 3.8) is 0 Å². The standard InChI is InChI=1S/C22H31NO3/c1-3-23(4-2)17-11-12-18-26-21(24)22(25,19-13-7-5-8-14-19)20-15-9-6-10-16-20/h5,7-8,13-14,20,25H,3-4,6,9-10,15-18H2,1-2H3/i1D3,2D3,3D2,4D2,5D,6D2,7D,8D,9D2,10D2,13D,14D,15D2,16D2,17D2,20D,25D. The van der Waals surface area contributed by atoms with Gasteiger partial charge in [0.15, 0.2) is 12.2 Å². The number of carbonyl (C=O) groups excluding carboxylic acids is 1. The molecule has 0 heterocycles. The van der Waals surface area contributed by atoms with E-state index in [1.807, 2.05) is 0 Å². The summed E-state index contributed by atoms with van der Waals surface area (Å²) < 4.78 is 239. The average Bonchev–Trinajstić information content (AvgIpc) is 3.00. The fourth-order valence-electron chi connectivity index (χ4n) is 1.60. The molecule has 0 aliphatic heterocycles. The quantitative estimate of drug-likeness (QED) is 0.550. The van der Waals surface area contributed by atoms with E-state index in [-0.39, 0.29) is 0 Å². The van der Waals surface area contributed by atoms with Crippen LogP contribution in [0.25, 0.3) is 0 Å². The lowest BCUT2D eigenvalue weighted by atomic mass is 9.73. The van der Waals surface area contributed by atoms with Gasteiger partial charge in [0, 0.05) is 34.7 Å². The zero-order valence-electron chi connectivity index (χ0n) is 41.9. The molecular formula is C22H31NO3. The van der Waals surface area contributed by atoms with Crippen molar-refractivity contribution in [3.8, 4) is 11.8 Å². The van der Waals surface area contributed by atoms with E-state index < -0.39 is 130 Å². The van der Waals surface area contributed by atoms with Crippen LogP contribution >= 0.6 is 0 Å². The Balaban J connectivity index is 3.08. The van der Waals surface area contributed by atoms with Gasteiger partial charge in [-0.25, -0.2) is 4.79 Å². The van der Waals surface area contributed by atoms with Gasteiger partial charge in [0.25, 0.3) is 0 Å². The first-order valence-electron chi connectivity index (χ1n) is 21.1. The molecule has 0 spiro atoms. The lowest BCUT2D eigenvalue weighted by Gasteiger charge is -2.36. The second-order valence-corrected chi connectivity index (χ2v) is 4.23. The van der Waals surface area contributed by atoms with Crippen molar-refractivity contribution < 1.29 is 53.0 Å². The number of benzene rings is 1. The van der Waals surface area contributed by atoms with Crippen LogP contribution in [0.1, 0.15) is 89.5 Å². The number of hydrogen-bond acceptors (Lipinski definition) is 4. The lowest BCUT2D eigenvalue weighted by Crippen LogP contribution is -2.45. The molecule has 0 amide bonds. The Labute approximate surface area is 198 Å². The van der Waals surface area contributed by atoms with Crippen molar-refractivity contribution in [3.05, 3.63) is 35.8 Å². The van der Waals surface area contributed by atoms with Gasteiger partial charge in [-0.3, -0.25) is 4.90 Å².